The lowest BCUT2D eigenvalue weighted by Gasteiger charge is -2.13. The molecule has 0 aliphatic heterocycles. The molecule has 0 spiro atoms. The van der Waals surface area contributed by atoms with Gasteiger partial charge in [-0.3, -0.25) is 14.6 Å². The number of rotatable bonds is 8. The van der Waals surface area contributed by atoms with Crippen LogP contribution in [0.15, 0.2) is 30.1 Å². The van der Waals surface area contributed by atoms with Gasteiger partial charge in [0.05, 0.1) is 11.1 Å². The van der Waals surface area contributed by atoms with Gasteiger partial charge in [-0.25, -0.2) is 0 Å². The molecule has 6 nitrogen and oxygen atoms in total. The van der Waals surface area contributed by atoms with Crippen LogP contribution in [0.2, 0.25) is 0 Å². The standard InChI is InChI=1S/C19H28N4O2/c1-23(2)11-10-22-19(25)17-12-16(13-20-14-17)18(24)21-9-8-15-6-4-3-5-7-15/h6,12-14H,3-5,7-11H2,1-2H3,(H,21,24)(H,22,25). The van der Waals surface area contributed by atoms with Crippen molar-refractivity contribution in [1.82, 2.24) is 20.5 Å². The molecule has 2 N–H and O–H groups in total. The Bertz CT molecular complexity index is 626. The number of hydrogen-bond donors (Lipinski definition) is 2. The minimum absolute atomic E-state index is 0.188. The van der Waals surface area contributed by atoms with Gasteiger partial charge in [-0.15, -0.1) is 0 Å². The maximum absolute atomic E-state index is 12.3. The van der Waals surface area contributed by atoms with E-state index in [9.17, 15) is 9.59 Å². The smallest absolute Gasteiger partial charge is 0.252 e. The van der Waals surface area contributed by atoms with Gasteiger partial charge in [0.1, 0.15) is 0 Å². The summed E-state index contributed by atoms with van der Waals surface area (Å²) in [5.41, 5.74) is 2.25. The summed E-state index contributed by atoms with van der Waals surface area (Å²) in [5.74, 6) is -0.400. The Morgan fingerprint density at radius 3 is 2.36 bits per heavy atom. The van der Waals surface area contributed by atoms with Gasteiger partial charge >= 0.3 is 0 Å². The van der Waals surface area contributed by atoms with E-state index in [0.717, 1.165) is 25.8 Å². The minimum atomic E-state index is -0.212. The van der Waals surface area contributed by atoms with Crippen molar-refractivity contribution < 1.29 is 9.59 Å². The lowest BCUT2D eigenvalue weighted by molar-refractivity contribution is 0.0950. The molecule has 25 heavy (non-hydrogen) atoms. The van der Waals surface area contributed by atoms with Gasteiger partial charge in [-0.2, -0.15) is 0 Å². The van der Waals surface area contributed by atoms with Crippen molar-refractivity contribution in [3.63, 3.8) is 0 Å². The second kappa shape index (κ2) is 9.93. The zero-order valence-electron chi connectivity index (χ0n) is 15.2. The Morgan fingerprint density at radius 1 is 1.08 bits per heavy atom. The Kier molecular flexibility index (Phi) is 7.60. The first-order chi connectivity index (χ1) is 12.1. The Balaban J connectivity index is 1.83. The van der Waals surface area contributed by atoms with E-state index < -0.39 is 0 Å². The van der Waals surface area contributed by atoms with Crippen molar-refractivity contribution in [2.45, 2.75) is 32.1 Å². The van der Waals surface area contributed by atoms with E-state index in [1.807, 2.05) is 19.0 Å². The average molecular weight is 344 g/mol. The van der Waals surface area contributed by atoms with Crippen LogP contribution in [0.25, 0.3) is 0 Å². The van der Waals surface area contributed by atoms with Crippen molar-refractivity contribution in [2.24, 2.45) is 0 Å². The molecule has 0 unspecified atom stereocenters. The molecule has 1 aromatic heterocycles. The normalized spacial score (nSPS) is 14.1. The summed E-state index contributed by atoms with van der Waals surface area (Å²) in [6, 6.07) is 1.59. The lowest BCUT2D eigenvalue weighted by atomic mass is 9.97. The molecule has 2 amide bonds. The summed E-state index contributed by atoms with van der Waals surface area (Å²) < 4.78 is 0. The van der Waals surface area contributed by atoms with Gasteiger partial charge in [0, 0.05) is 32.0 Å². The van der Waals surface area contributed by atoms with Crippen LogP contribution in [0.3, 0.4) is 0 Å². The molecule has 0 bridgehead atoms. The molecule has 2 rings (SSSR count). The van der Waals surface area contributed by atoms with Crippen molar-refractivity contribution >= 4 is 11.8 Å². The predicted molar refractivity (Wildman–Crippen MR) is 98.6 cm³/mol. The Morgan fingerprint density at radius 2 is 1.76 bits per heavy atom. The fourth-order valence-electron chi connectivity index (χ4n) is 2.75. The SMILES string of the molecule is CN(C)CCNC(=O)c1cncc(C(=O)NCCC2=CCCCC2)c1. The van der Waals surface area contributed by atoms with Gasteiger partial charge in [0.2, 0.25) is 0 Å². The predicted octanol–water partition coefficient (Wildman–Crippen LogP) is 1.99. The number of nitrogens with one attached hydrogen (secondary N) is 2. The molecule has 1 heterocycles. The highest BCUT2D eigenvalue weighted by molar-refractivity contribution is 5.99. The summed E-state index contributed by atoms with van der Waals surface area (Å²) in [6.45, 7) is 1.93. The highest BCUT2D eigenvalue weighted by Gasteiger charge is 2.11. The quantitative estimate of drug-likeness (QED) is 0.707. The number of allylic oxidation sites excluding steroid dienone is 1. The van der Waals surface area contributed by atoms with E-state index >= 15 is 0 Å². The minimum Gasteiger partial charge on any atom is -0.352 e. The van der Waals surface area contributed by atoms with Gasteiger partial charge < -0.3 is 15.5 Å². The molecule has 1 aliphatic carbocycles. The second-order valence-corrected chi connectivity index (χ2v) is 6.64. The van der Waals surface area contributed by atoms with Crippen LogP contribution in [0.4, 0.5) is 0 Å². The van der Waals surface area contributed by atoms with E-state index in [4.69, 9.17) is 0 Å². The zero-order chi connectivity index (χ0) is 18.1. The topological polar surface area (TPSA) is 74.3 Å². The Hall–Kier alpha value is -2.21. The summed E-state index contributed by atoms with van der Waals surface area (Å²) in [7, 11) is 3.89. The molecule has 1 aromatic rings. The van der Waals surface area contributed by atoms with Crippen LogP contribution in [0, 0.1) is 0 Å². The molecule has 0 saturated carbocycles. The van der Waals surface area contributed by atoms with Crippen molar-refractivity contribution in [1.29, 1.82) is 0 Å². The fraction of sp³-hybridized carbons (Fsp3) is 0.526. The van der Waals surface area contributed by atoms with Crippen molar-refractivity contribution in [3.8, 4) is 0 Å². The van der Waals surface area contributed by atoms with E-state index in [2.05, 4.69) is 21.7 Å². The summed E-state index contributed by atoms with van der Waals surface area (Å²) in [5, 5.41) is 5.74. The summed E-state index contributed by atoms with van der Waals surface area (Å²) in [6.07, 6.45) is 11.0. The monoisotopic (exact) mass is 344 g/mol. The number of likely N-dealkylation sites (N-methyl/N-ethyl adjacent to an activating group) is 1. The largest absolute Gasteiger partial charge is 0.352 e. The third-order valence-electron chi connectivity index (χ3n) is 4.22. The molecule has 6 heteroatoms. The van der Waals surface area contributed by atoms with Gasteiger partial charge in [-0.1, -0.05) is 11.6 Å². The van der Waals surface area contributed by atoms with Gasteiger partial charge in [0.15, 0.2) is 0 Å². The number of carbonyl (C=O) groups is 2. The third kappa shape index (κ3) is 6.66. The average Bonchev–Trinajstić information content (AvgIpc) is 2.62. The molecule has 0 atom stereocenters. The van der Waals surface area contributed by atoms with Crippen LogP contribution in [0.1, 0.15) is 52.8 Å². The molecule has 0 radical (unpaired) electrons. The van der Waals surface area contributed by atoms with Crippen molar-refractivity contribution in [3.05, 3.63) is 41.2 Å². The zero-order valence-corrected chi connectivity index (χ0v) is 15.2. The highest BCUT2D eigenvalue weighted by atomic mass is 16.2. The van der Waals surface area contributed by atoms with E-state index in [1.54, 1.807) is 6.07 Å². The van der Waals surface area contributed by atoms with Crippen molar-refractivity contribution in [2.75, 3.05) is 33.7 Å². The van der Waals surface area contributed by atoms with Crippen LogP contribution in [-0.2, 0) is 0 Å². The fourth-order valence-corrected chi connectivity index (χ4v) is 2.75. The van der Waals surface area contributed by atoms with E-state index in [-0.39, 0.29) is 11.8 Å². The summed E-state index contributed by atoms with van der Waals surface area (Å²) in [4.78, 5) is 30.4. The molecule has 0 fully saturated rings. The molecular formula is C19H28N4O2. The molecule has 136 valence electrons. The van der Waals surface area contributed by atoms with E-state index in [0.29, 0.717) is 24.2 Å². The first-order valence-corrected chi connectivity index (χ1v) is 8.90. The molecular weight excluding hydrogens is 316 g/mol. The third-order valence-corrected chi connectivity index (χ3v) is 4.22. The maximum atomic E-state index is 12.3. The number of pyridine rings is 1. The van der Waals surface area contributed by atoms with Gasteiger partial charge in [-0.05, 0) is 52.3 Å². The number of aromatic nitrogens is 1. The van der Waals surface area contributed by atoms with E-state index in [1.165, 1.54) is 30.8 Å². The number of hydrogen-bond acceptors (Lipinski definition) is 4. The highest BCUT2D eigenvalue weighted by Crippen LogP contribution is 2.19. The van der Waals surface area contributed by atoms with Gasteiger partial charge in [0.25, 0.3) is 11.8 Å². The lowest BCUT2D eigenvalue weighted by Crippen LogP contribution is -2.31. The van der Waals surface area contributed by atoms with Crippen LogP contribution < -0.4 is 10.6 Å². The first-order valence-electron chi connectivity index (χ1n) is 8.90. The van der Waals surface area contributed by atoms with Crippen LogP contribution in [-0.4, -0.2) is 55.4 Å². The Labute approximate surface area is 149 Å². The van der Waals surface area contributed by atoms with Crippen LogP contribution >= 0.6 is 0 Å². The maximum Gasteiger partial charge on any atom is 0.252 e. The molecule has 1 aliphatic rings. The summed E-state index contributed by atoms with van der Waals surface area (Å²) >= 11 is 0. The molecule has 0 aromatic carbocycles. The molecule has 0 saturated heterocycles. The first kappa shape index (κ1) is 19.1. The second-order valence-electron chi connectivity index (χ2n) is 6.64. The number of nitrogens with zero attached hydrogens (tertiary/aromatic N) is 2. The number of amides is 2. The number of carbonyl (C=O) groups excluding carboxylic acids is 2. The van der Waals surface area contributed by atoms with Crippen LogP contribution in [0.5, 0.6) is 0 Å².